The molecule has 0 spiro atoms. The smallest absolute Gasteiger partial charge is 0.323 e. The maximum absolute atomic E-state index is 13.3. The maximum atomic E-state index is 13.3. The molecule has 2 N–H and O–H groups in total. The number of aromatic nitrogens is 3. The molecular formula is C28H26N6O4. The highest BCUT2D eigenvalue weighted by Gasteiger charge is 2.29. The fourth-order valence-corrected chi connectivity index (χ4v) is 4.89. The molecule has 3 aromatic heterocycles. The van der Waals surface area contributed by atoms with Gasteiger partial charge in [-0.25, -0.2) is 9.78 Å². The van der Waals surface area contributed by atoms with Crippen LogP contribution in [0.4, 0.5) is 21.9 Å². The Morgan fingerprint density at radius 1 is 1.16 bits per heavy atom. The van der Waals surface area contributed by atoms with Crippen LogP contribution in [0, 0.1) is 0 Å². The summed E-state index contributed by atoms with van der Waals surface area (Å²) >= 11 is 0. The standard InChI is InChI=1S/C28H26N6O4/c1-17-16-37-11-10-34(17)22-7-9-30-27-25(22)18(15-33(27)2)12-24-26(35)21-13-19(5-6-23(21)38-24)31-28(36)32-20-4-3-8-29-14-20/h3-9,12-15,17H,10-11,16H2,1-2H3,(H2,31,32,36)/t17-/m0/s1. The van der Waals surface area contributed by atoms with Gasteiger partial charge in [0.2, 0.25) is 5.78 Å². The lowest BCUT2D eigenvalue weighted by molar-refractivity contribution is 0.0991. The van der Waals surface area contributed by atoms with Crippen molar-refractivity contribution >= 4 is 46.0 Å². The normalized spacial score (nSPS) is 17.9. The third kappa shape index (κ3) is 4.35. The number of fused-ring (bicyclic) bond motifs is 2. The van der Waals surface area contributed by atoms with E-state index in [1.54, 1.807) is 48.8 Å². The van der Waals surface area contributed by atoms with E-state index in [2.05, 4.69) is 32.4 Å². The zero-order valence-electron chi connectivity index (χ0n) is 21.0. The number of carbonyl (C=O) groups excluding carboxylic acids is 2. The van der Waals surface area contributed by atoms with Gasteiger partial charge in [-0.2, -0.15) is 0 Å². The molecule has 10 nitrogen and oxygen atoms in total. The number of allylic oxidation sites excluding steroid dienone is 1. The van der Waals surface area contributed by atoms with E-state index in [1.807, 2.05) is 30.1 Å². The van der Waals surface area contributed by atoms with Crippen molar-refractivity contribution in [3.63, 3.8) is 0 Å². The van der Waals surface area contributed by atoms with E-state index in [4.69, 9.17) is 9.47 Å². The van der Waals surface area contributed by atoms with Crippen molar-refractivity contribution in [1.82, 2.24) is 14.5 Å². The molecular weight excluding hydrogens is 484 g/mol. The van der Waals surface area contributed by atoms with Crippen molar-refractivity contribution in [2.24, 2.45) is 7.05 Å². The summed E-state index contributed by atoms with van der Waals surface area (Å²) < 4.78 is 13.5. The van der Waals surface area contributed by atoms with Gasteiger partial charge < -0.3 is 29.6 Å². The van der Waals surface area contributed by atoms with E-state index in [-0.39, 0.29) is 17.6 Å². The molecule has 1 saturated heterocycles. The maximum Gasteiger partial charge on any atom is 0.323 e. The number of nitrogens with zero attached hydrogens (tertiary/aromatic N) is 4. The van der Waals surface area contributed by atoms with Crippen LogP contribution in [0.3, 0.4) is 0 Å². The fraction of sp³-hybridized carbons (Fsp3) is 0.214. The van der Waals surface area contributed by atoms with Gasteiger partial charge in [0.15, 0.2) is 5.76 Å². The van der Waals surface area contributed by atoms with Crippen molar-refractivity contribution in [3.8, 4) is 5.75 Å². The Hall–Kier alpha value is -4.70. The van der Waals surface area contributed by atoms with Gasteiger partial charge in [0.1, 0.15) is 11.4 Å². The molecule has 4 aromatic rings. The van der Waals surface area contributed by atoms with Gasteiger partial charge in [-0.15, -0.1) is 0 Å². The minimum absolute atomic E-state index is 0.213. The highest BCUT2D eigenvalue weighted by molar-refractivity contribution is 6.16. The first kappa shape index (κ1) is 23.7. The van der Waals surface area contributed by atoms with E-state index in [0.29, 0.717) is 35.9 Å². The molecule has 1 atom stereocenters. The first-order valence-corrected chi connectivity index (χ1v) is 12.3. The number of ether oxygens (including phenoxy) is 2. The molecule has 6 rings (SSSR count). The molecule has 5 heterocycles. The number of hydrogen-bond donors (Lipinski definition) is 2. The number of morpholine rings is 1. The van der Waals surface area contributed by atoms with E-state index in [1.165, 1.54) is 0 Å². The molecule has 192 valence electrons. The number of ketones is 1. The van der Waals surface area contributed by atoms with E-state index >= 15 is 0 Å². The van der Waals surface area contributed by atoms with Crippen LogP contribution >= 0.6 is 0 Å². The average molecular weight is 511 g/mol. The van der Waals surface area contributed by atoms with Crippen LogP contribution in [0.2, 0.25) is 0 Å². The topological polar surface area (TPSA) is 111 Å². The fourth-order valence-electron chi connectivity index (χ4n) is 4.89. The van der Waals surface area contributed by atoms with Gasteiger partial charge in [0.05, 0.1) is 36.3 Å². The zero-order chi connectivity index (χ0) is 26.2. The molecule has 0 saturated carbocycles. The Balaban J connectivity index is 1.28. The van der Waals surface area contributed by atoms with Crippen LogP contribution in [0.1, 0.15) is 22.8 Å². The van der Waals surface area contributed by atoms with Crippen LogP contribution in [-0.2, 0) is 11.8 Å². The zero-order valence-corrected chi connectivity index (χ0v) is 21.0. The molecule has 10 heteroatoms. The highest BCUT2D eigenvalue weighted by atomic mass is 16.5. The monoisotopic (exact) mass is 510 g/mol. The van der Waals surface area contributed by atoms with Crippen LogP contribution in [0.5, 0.6) is 5.75 Å². The molecule has 2 amide bonds. The number of aryl methyl sites for hydroxylation is 1. The number of urea groups is 1. The van der Waals surface area contributed by atoms with Gasteiger partial charge >= 0.3 is 6.03 Å². The van der Waals surface area contributed by atoms with Gasteiger partial charge in [-0.3, -0.25) is 9.78 Å². The Labute approximate surface area is 218 Å². The van der Waals surface area contributed by atoms with Gasteiger partial charge in [0, 0.05) is 54.9 Å². The summed E-state index contributed by atoms with van der Waals surface area (Å²) in [7, 11) is 1.93. The minimum Gasteiger partial charge on any atom is -0.452 e. The number of amides is 2. The van der Waals surface area contributed by atoms with Gasteiger partial charge in [-0.05, 0) is 49.4 Å². The van der Waals surface area contributed by atoms with E-state index in [9.17, 15) is 9.59 Å². The molecule has 2 aliphatic rings. The lowest BCUT2D eigenvalue weighted by Gasteiger charge is -2.35. The number of hydrogen-bond acceptors (Lipinski definition) is 7. The second-order valence-corrected chi connectivity index (χ2v) is 9.31. The summed E-state index contributed by atoms with van der Waals surface area (Å²) in [6, 6.07) is 10.2. The van der Waals surface area contributed by atoms with Crippen LogP contribution < -0.4 is 20.3 Å². The first-order valence-electron chi connectivity index (χ1n) is 12.3. The first-order chi connectivity index (χ1) is 18.5. The third-order valence-corrected chi connectivity index (χ3v) is 6.67. The van der Waals surface area contributed by atoms with Crippen LogP contribution in [0.25, 0.3) is 17.1 Å². The molecule has 1 fully saturated rings. The molecule has 2 aliphatic heterocycles. The van der Waals surface area contributed by atoms with Crippen molar-refractivity contribution in [2.75, 3.05) is 35.3 Å². The quantitative estimate of drug-likeness (QED) is 0.390. The van der Waals surface area contributed by atoms with E-state index in [0.717, 1.165) is 28.8 Å². The Morgan fingerprint density at radius 3 is 2.84 bits per heavy atom. The predicted molar refractivity (Wildman–Crippen MR) is 145 cm³/mol. The Bertz CT molecular complexity index is 1580. The molecule has 1 aromatic carbocycles. The van der Waals surface area contributed by atoms with Gasteiger partial charge in [0.25, 0.3) is 0 Å². The SMILES string of the molecule is C[C@H]1COCCN1c1ccnc2c1c(C=C1Oc3ccc(NC(=O)Nc4cccnc4)cc3C1=O)cn2C. The summed E-state index contributed by atoms with van der Waals surface area (Å²) in [5.41, 5.74) is 4.13. The number of carbonyl (C=O) groups is 2. The number of nitrogens with one attached hydrogen (secondary N) is 2. The number of Topliss-reactive ketones (excluding diaryl/α,β-unsaturated/α-hetero) is 1. The molecule has 0 unspecified atom stereocenters. The molecule has 0 bridgehead atoms. The Kier molecular flexibility index (Phi) is 6.01. The van der Waals surface area contributed by atoms with Crippen LogP contribution in [-0.4, -0.2) is 52.1 Å². The van der Waals surface area contributed by atoms with Crippen molar-refractivity contribution in [1.29, 1.82) is 0 Å². The van der Waals surface area contributed by atoms with E-state index < -0.39 is 6.03 Å². The van der Waals surface area contributed by atoms with Crippen molar-refractivity contribution in [3.05, 3.63) is 78.1 Å². The molecule has 0 aliphatic carbocycles. The number of rotatable bonds is 4. The summed E-state index contributed by atoms with van der Waals surface area (Å²) in [5, 5.41) is 6.41. The number of benzene rings is 1. The summed E-state index contributed by atoms with van der Waals surface area (Å²) in [5.74, 6) is 0.410. The van der Waals surface area contributed by atoms with Gasteiger partial charge in [-0.1, -0.05) is 0 Å². The number of anilines is 3. The Morgan fingerprint density at radius 2 is 2.03 bits per heavy atom. The third-order valence-electron chi connectivity index (χ3n) is 6.67. The molecule has 0 radical (unpaired) electrons. The summed E-state index contributed by atoms with van der Waals surface area (Å²) in [6.07, 6.45) is 8.70. The molecule has 38 heavy (non-hydrogen) atoms. The highest BCUT2D eigenvalue weighted by Crippen LogP contribution is 2.37. The summed E-state index contributed by atoms with van der Waals surface area (Å²) in [4.78, 5) is 36.6. The van der Waals surface area contributed by atoms with Crippen LogP contribution in [0.15, 0.2) is 66.9 Å². The number of pyridine rings is 2. The van der Waals surface area contributed by atoms with Crippen molar-refractivity contribution < 1.29 is 19.1 Å². The lowest BCUT2D eigenvalue weighted by atomic mass is 10.1. The second-order valence-electron chi connectivity index (χ2n) is 9.31. The predicted octanol–water partition coefficient (Wildman–Crippen LogP) is 4.45. The average Bonchev–Trinajstić information content (AvgIpc) is 3.41. The lowest BCUT2D eigenvalue weighted by Crippen LogP contribution is -2.43. The second kappa shape index (κ2) is 9.64. The minimum atomic E-state index is -0.437. The largest absolute Gasteiger partial charge is 0.452 e. The van der Waals surface area contributed by atoms with Crippen molar-refractivity contribution in [2.45, 2.75) is 13.0 Å². The summed E-state index contributed by atoms with van der Waals surface area (Å²) in [6.45, 7) is 4.22.